The van der Waals surface area contributed by atoms with Gasteiger partial charge in [0.1, 0.15) is 0 Å². The summed E-state index contributed by atoms with van der Waals surface area (Å²) in [6.07, 6.45) is 0. The van der Waals surface area contributed by atoms with Gasteiger partial charge in [-0.1, -0.05) is 121 Å². The predicted octanol–water partition coefficient (Wildman–Crippen LogP) is 5.98. The van der Waals surface area contributed by atoms with Gasteiger partial charge in [-0.3, -0.25) is 0 Å². The third-order valence-electron chi connectivity index (χ3n) is 5.70. The molecular weight excluding hydrogens is 419 g/mol. The standard InChI is InChI=1S/C30H29N2P/c1-24-19-21-27(22-20-24)26(3)32-31-25(2)23-33(28-13-7-4-8-14-28,29-15-9-5-10-16-29)30-17-11-6-12-18-30/h4-23H,1-3H3/b31-25+,32-26+. The fourth-order valence-electron chi connectivity index (χ4n) is 3.97. The van der Waals surface area contributed by atoms with Crippen molar-refractivity contribution in [3.8, 4) is 0 Å². The van der Waals surface area contributed by atoms with Crippen LogP contribution >= 0.6 is 6.89 Å². The molecule has 33 heavy (non-hydrogen) atoms. The van der Waals surface area contributed by atoms with E-state index in [9.17, 15) is 0 Å². The van der Waals surface area contributed by atoms with Crippen molar-refractivity contribution in [3.05, 3.63) is 126 Å². The van der Waals surface area contributed by atoms with Crippen molar-refractivity contribution in [1.29, 1.82) is 0 Å². The first-order valence-corrected chi connectivity index (χ1v) is 13.0. The minimum absolute atomic E-state index is 0.908. The first kappa shape index (κ1) is 22.7. The smallest absolute Gasteiger partial charge is 0.0671 e. The van der Waals surface area contributed by atoms with Crippen molar-refractivity contribution in [2.75, 3.05) is 0 Å². The van der Waals surface area contributed by atoms with Crippen LogP contribution in [0.25, 0.3) is 0 Å². The van der Waals surface area contributed by atoms with Crippen LogP contribution in [0.2, 0.25) is 0 Å². The van der Waals surface area contributed by atoms with Gasteiger partial charge in [0.25, 0.3) is 0 Å². The molecule has 0 aromatic heterocycles. The van der Waals surface area contributed by atoms with Crippen LogP contribution in [0.15, 0.2) is 125 Å². The summed E-state index contributed by atoms with van der Waals surface area (Å²) in [5.74, 6) is 2.35. The molecule has 0 atom stereocenters. The first-order chi connectivity index (χ1) is 16.1. The maximum Gasteiger partial charge on any atom is 0.0671 e. The Labute approximate surface area is 197 Å². The van der Waals surface area contributed by atoms with Crippen molar-refractivity contribution in [3.63, 3.8) is 0 Å². The third-order valence-corrected chi connectivity index (χ3v) is 9.80. The van der Waals surface area contributed by atoms with E-state index in [2.05, 4.69) is 145 Å². The maximum absolute atomic E-state index is 4.66. The molecule has 0 spiro atoms. The van der Waals surface area contributed by atoms with Gasteiger partial charge in [-0.15, -0.1) is 0 Å². The first-order valence-electron chi connectivity index (χ1n) is 11.2. The zero-order valence-corrected chi connectivity index (χ0v) is 20.3. The van der Waals surface area contributed by atoms with Crippen LogP contribution in [0, 0.1) is 6.92 Å². The van der Waals surface area contributed by atoms with Gasteiger partial charge >= 0.3 is 0 Å². The normalized spacial score (nSPS) is 12.5. The van der Waals surface area contributed by atoms with Crippen LogP contribution in [0.5, 0.6) is 0 Å². The summed E-state index contributed by atoms with van der Waals surface area (Å²) >= 11 is 0. The van der Waals surface area contributed by atoms with E-state index in [1.165, 1.54) is 21.5 Å². The Morgan fingerprint density at radius 1 is 0.576 bits per heavy atom. The van der Waals surface area contributed by atoms with Gasteiger partial charge in [0.05, 0.1) is 11.4 Å². The van der Waals surface area contributed by atoms with Gasteiger partial charge in [0.15, 0.2) is 0 Å². The Kier molecular flexibility index (Phi) is 7.17. The minimum atomic E-state index is -2.07. The van der Waals surface area contributed by atoms with Gasteiger partial charge in [0.2, 0.25) is 0 Å². The molecular formula is C30H29N2P. The predicted molar refractivity (Wildman–Crippen MR) is 148 cm³/mol. The van der Waals surface area contributed by atoms with Crippen LogP contribution in [0.4, 0.5) is 0 Å². The van der Waals surface area contributed by atoms with Crippen LogP contribution in [0.1, 0.15) is 25.0 Å². The quantitative estimate of drug-likeness (QED) is 0.197. The minimum Gasteiger partial charge on any atom is -0.156 e. The second-order valence-corrected chi connectivity index (χ2v) is 11.4. The van der Waals surface area contributed by atoms with E-state index < -0.39 is 6.89 Å². The van der Waals surface area contributed by atoms with E-state index in [-0.39, 0.29) is 0 Å². The molecule has 0 saturated heterocycles. The van der Waals surface area contributed by atoms with Crippen LogP contribution < -0.4 is 15.9 Å². The lowest BCUT2D eigenvalue weighted by molar-refractivity contribution is 1.23. The average molecular weight is 449 g/mol. The number of aryl methyl sites for hydroxylation is 1. The second kappa shape index (κ2) is 10.4. The largest absolute Gasteiger partial charge is 0.156 e. The molecule has 0 aliphatic carbocycles. The molecule has 4 aromatic rings. The summed E-state index contributed by atoms with van der Waals surface area (Å²) in [7, 11) is 0. The Hall–Kier alpha value is -3.48. The summed E-state index contributed by atoms with van der Waals surface area (Å²) in [5, 5.41) is 13.1. The average Bonchev–Trinajstić information content (AvgIpc) is 2.88. The molecule has 0 N–H and O–H groups in total. The molecule has 0 bridgehead atoms. The fraction of sp³-hybridized carbons (Fsp3) is 0.100. The molecule has 3 heteroatoms. The number of benzene rings is 4. The van der Waals surface area contributed by atoms with Gasteiger partial charge in [-0.25, -0.2) is 0 Å². The third kappa shape index (κ3) is 5.13. The van der Waals surface area contributed by atoms with Crippen LogP contribution in [-0.2, 0) is 0 Å². The van der Waals surface area contributed by atoms with Gasteiger partial charge in [0, 0.05) is 0 Å². The number of hydrogen-bond acceptors (Lipinski definition) is 2. The highest BCUT2D eigenvalue weighted by Crippen LogP contribution is 2.43. The lowest BCUT2D eigenvalue weighted by Crippen LogP contribution is -2.28. The summed E-state index contributed by atoms with van der Waals surface area (Å²) in [5.41, 5.74) is 4.15. The van der Waals surface area contributed by atoms with E-state index in [0.29, 0.717) is 0 Å². The van der Waals surface area contributed by atoms with E-state index in [1.54, 1.807) is 0 Å². The molecule has 2 nitrogen and oxygen atoms in total. The monoisotopic (exact) mass is 448 g/mol. The zero-order valence-electron chi connectivity index (χ0n) is 19.4. The molecule has 4 rings (SSSR count). The molecule has 0 radical (unpaired) electrons. The van der Waals surface area contributed by atoms with Crippen molar-refractivity contribution in [2.24, 2.45) is 10.2 Å². The summed E-state index contributed by atoms with van der Waals surface area (Å²) in [6.45, 7) is 4.08. The van der Waals surface area contributed by atoms with Gasteiger partial charge in [-0.05, 0) is 54.9 Å². The van der Waals surface area contributed by atoms with Gasteiger partial charge < -0.3 is 0 Å². The molecule has 0 fully saturated rings. The second-order valence-electron chi connectivity index (χ2n) is 8.15. The highest BCUT2D eigenvalue weighted by molar-refractivity contribution is 7.95. The molecule has 0 aliphatic heterocycles. The Morgan fingerprint density at radius 2 is 1.00 bits per heavy atom. The summed E-state index contributed by atoms with van der Waals surface area (Å²) < 4.78 is 0. The molecule has 0 unspecified atom stereocenters. The van der Waals surface area contributed by atoms with E-state index >= 15 is 0 Å². The van der Waals surface area contributed by atoms with Gasteiger partial charge in [-0.2, -0.15) is 10.2 Å². The topological polar surface area (TPSA) is 24.7 Å². The summed E-state index contributed by atoms with van der Waals surface area (Å²) in [6, 6.07) is 40.8. The van der Waals surface area contributed by atoms with Crippen molar-refractivity contribution >= 4 is 40.0 Å². The molecule has 164 valence electrons. The van der Waals surface area contributed by atoms with Crippen molar-refractivity contribution < 1.29 is 0 Å². The Morgan fingerprint density at radius 3 is 1.42 bits per heavy atom. The highest BCUT2D eigenvalue weighted by atomic mass is 31.2. The van der Waals surface area contributed by atoms with Crippen molar-refractivity contribution in [2.45, 2.75) is 20.8 Å². The zero-order chi connectivity index (χ0) is 23.1. The maximum atomic E-state index is 4.66. The Bertz CT molecular complexity index is 1200. The van der Waals surface area contributed by atoms with E-state index in [1.807, 2.05) is 6.92 Å². The fourth-order valence-corrected chi connectivity index (χ4v) is 7.85. The van der Waals surface area contributed by atoms with E-state index in [4.69, 9.17) is 0 Å². The summed E-state index contributed by atoms with van der Waals surface area (Å²) in [4.78, 5) is 0. The number of hydrogen-bond donors (Lipinski definition) is 0. The molecule has 0 amide bonds. The lowest BCUT2D eigenvalue weighted by atomic mass is 10.1. The SMILES string of the molecule is C/C(C=P(c1ccccc1)(c1ccccc1)c1ccccc1)=N\N=C(/C)c1ccc(C)cc1. The molecule has 0 heterocycles. The Balaban J connectivity index is 1.91. The van der Waals surface area contributed by atoms with Crippen molar-refractivity contribution in [1.82, 2.24) is 0 Å². The van der Waals surface area contributed by atoms with Crippen LogP contribution in [0.3, 0.4) is 0 Å². The molecule has 0 aliphatic rings. The molecule has 0 saturated carbocycles. The van der Waals surface area contributed by atoms with Crippen LogP contribution in [-0.4, -0.2) is 17.2 Å². The molecule has 4 aromatic carbocycles. The number of nitrogens with zero attached hydrogens (tertiary/aromatic N) is 2. The number of rotatable bonds is 6. The lowest BCUT2D eigenvalue weighted by Gasteiger charge is -2.28. The van der Waals surface area contributed by atoms with E-state index in [0.717, 1.165) is 17.0 Å². The highest BCUT2D eigenvalue weighted by Gasteiger charge is 2.25.